The third-order valence-electron chi connectivity index (χ3n) is 4.04. The van der Waals surface area contributed by atoms with E-state index < -0.39 is 0 Å². The molecule has 1 saturated heterocycles. The molecule has 0 aliphatic carbocycles. The lowest BCUT2D eigenvalue weighted by molar-refractivity contribution is -0.137. The lowest BCUT2D eigenvalue weighted by Crippen LogP contribution is -2.52. The van der Waals surface area contributed by atoms with Gasteiger partial charge in [-0.1, -0.05) is 20.3 Å². The summed E-state index contributed by atoms with van der Waals surface area (Å²) in [5.74, 6) is 0.418. The highest BCUT2D eigenvalue weighted by molar-refractivity contribution is 5.79. The number of carbonyl (C=O) groups excluding carboxylic acids is 2. The van der Waals surface area contributed by atoms with Gasteiger partial charge < -0.3 is 15.0 Å². The van der Waals surface area contributed by atoms with E-state index >= 15 is 0 Å². The number of nitrogens with one attached hydrogen (secondary N) is 1. The van der Waals surface area contributed by atoms with Gasteiger partial charge in [0.25, 0.3) is 0 Å². The van der Waals surface area contributed by atoms with Crippen LogP contribution in [0.1, 0.15) is 33.1 Å². The Kier molecular flexibility index (Phi) is 9.08. The van der Waals surface area contributed by atoms with Gasteiger partial charge in [-0.2, -0.15) is 0 Å². The molecule has 6 heteroatoms. The van der Waals surface area contributed by atoms with Gasteiger partial charge in [-0.15, -0.1) is 0 Å². The first-order chi connectivity index (χ1) is 10.6. The van der Waals surface area contributed by atoms with Crippen LogP contribution < -0.4 is 5.32 Å². The van der Waals surface area contributed by atoms with E-state index in [2.05, 4.69) is 17.1 Å². The molecule has 0 spiro atoms. The van der Waals surface area contributed by atoms with Crippen molar-refractivity contribution in [2.75, 3.05) is 53.0 Å². The largest absolute Gasteiger partial charge is 0.385 e. The van der Waals surface area contributed by atoms with Crippen molar-refractivity contribution in [2.24, 2.45) is 5.92 Å². The summed E-state index contributed by atoms with van der Waals surface area (Å²) in [7, 11) is 1.66. The molecule has 0 saturated carbocycles. The molecular formula is C16H31N3O3. The number of piperazine rings is 1. The second-order valence-electron chi connectivity index (χ2n) is 5.99. The van der Waals surface area contributed by atoms with E-state index in [0.29, 0.717) is 19.7 Å². The molecule has 1 fully saturated rings. The van der Waals surface area contributed by atoms with Crippen LogP contribution in [0.15, 0.2) is 0 Å². The van der Waals surface area contributed by atoms with Crippen molar-refractivity contribution in [2.45, 2.75) is 33.1 Å². The second kappa shape index (κ2) is 10.6. The predicted molar refractivity (Wildman–Crippen MR) is 86.6 cm³/mol. The number of hydrogen-bond donors (Lipinski definition) is 1. The van der Waals surface area contributed by atoms with E-state index in [4.69, 9.17) is 4.74 Å². The van der Waals surface area contributed by atoms with Gasteiger partial charge in [-0.3, -0.25) is 14.5 Å². The minimum absolute atomic E-state index is 0.0511. The van der Waals surface area contributed by atoms with Crippen LogP contribution in [-0.4, -0.2) is 74.6 Å². The van der Waals surface area contributed by atoms with Crippen molar-refractivity contribution >= 4 is 11.8 Å². The molecule has 1 N–H and O–H groups in total. The first kappa shape index (κ1) is 18.9. The molecule has 6 nitrogen and oxygen atoms in total. The highest BCUT2D eigenvalue weighted by Crippen LogP contribution is 2.12. The Labute approximate surface area is 134 Å². The van der Waals surface area contributed by atoms with Crippen LogP contribution in [0.2, 0.25) is 0 Å². The average molecular weight is 313 g/mol. The van der Waals surface area contributed by atoms with E-state index in [1.54, 1.807) is 7.11 Å². The maximum atomic E-state index is 12.2. The number of nitrogens with zero attached hydrogens (tertiary/aromatic N) is 2. The summed E-state index contributed by atoms with van der Waals surface area (Å²) >= 11 is 0. The number of hydrogen-bond acceptors (Lipinski definition) is 4. The summed E-state index contributed by atoms with van der Waals surface area (Å²) in [5.41, 5.74) is 0. The zero-order valence-electron chi connectivity index (χ0n) is 14.3. The molecular weight excluding hydrogens is 282 g/mol. The maximum absolute atomic E-state index is 12.2. The van der Waals surface area contributed by atoms with Crippen LogP contribution in [0.3, 0.4) is 0 Å². The monoisotopic (exact) mass is 313 g/mol. The van der Waals surface area contributed by atoms with Crippen LogP contribution in [0, 0.1) is 5.92 Å². The van der Waals surface area contributed by atoms with Crippen LogP contribution in [0.4, 0.5) is 0 Å². The van der Waals surface area contributed by atoms with E-state index in [1.165, 1.54) is 0 Å². The van der Waals surface area contributed by atoms with Crippen molar-refractivity contribution in [3.05, 3.63) is 0 Å². The average Bonchev–Trinajstić information content (AvgIpc) is 2.52. The summed E-state index contributed by atoms with van der Waals surface area (Å²) in [6.07, 6.45) is 2.82. The fourth-order valence-electron chi connectivity index (χ4n) is 2.70. The van der Waals surface area contributed by atoms with Gasteiger partial charge in [0, 0.05) is 52.4 Å². The van der Waals surface area contributed by atoms with Gasteiger partial charge in [0.15, 0.2) is 0 Å². The molecule has 2 amide bonds. The summed E-state index contributed by atoms with van der Waals surface area (Å²) in [5, 5.41) is 2.89. The first-order valence-corrected chi connectivity index (χ1v) is 8.35. The summed E-state index contributed by atoms with van der Waals surface area (Å²) in [6.45, 7) is 8.84. The van der Waals surface area contributed by atoms with Crippen LogP contribution in [-0.2, 0) is 14.3 Å². The molecule has 0 radical (unpaired) electrons. The molecule has 1 atom stereocenters. The van der Waals surface area contributed by atoms with E-state index in [0.717, 1.165) is 45.4 Å². The number of methoxy groups -OCH3 is 1. The first-order valence-electron chi connectivity index (χ1n) is 8.35. The Hall–Kier alpha value is -1.14. The van der Waals surface area contributed by atoms with Crippen LogP contribution >= 0.6 is 0 Å². The predicted octanol–water partition coefficient (Wildman–Crippen LogP) is 0.720. The zero-order valence-corrected chi connectivity index (χ0v) is 14.3. The maximum Gasteiger partial charge on any atom is 0.234 e. The molecule has 1 rings (SSSR count). The van der Waals surface area contributed by atoms with Crippen molar-refractivity contribution in [1.29, 1.82) is 0 Å². The number of amides is 2. The normalized spacial score (nSPS) is 17.3. The summed E-state index contributed by atoms with van der Waals surface area (Å²) in [6, 6.07) is 0. The van der Waals surface area contributed by atoms with Gasteiger partial charge in [-0.25, -0.2) is 0 Å². The van der Waals surface area contributed by atoms with Gasteiger partial charge >= 0.3 is 0 Å². The highest BCUT2D eigenvalue weighted by Gasteiger charge is 2.25. The van der Waals surface area contributed by atoms with E-state index in [-0.39, 0.29) is 17.7 Å². The second-order valence-corrected chi connectivity index (χ2v) is 5.99. The summed E-state index contributed by atoms with van der Waals surface area (Å²) < 4.78 is 4.95. The molecule has 1 unspecified atom stereocenters. The van der Waals surface area contributed by atoms with Gasteiger partial charge in [0.1, 0.15) is 0 Å². The lowest BCUT2D eigenvalue weighted by Gasteiger charge is -2.35. The number of ether oxygens (including phenoxy) is 1. The van der Waals surface area contributed by atoms with Crippen molar-refractivity contribution in [1.82, 2.24) is 15.1 Å². The van der Waals surface area contributed by atoms with Gasteiger partial charge in [0.2, 0.25) is 11.8 Å². The Bertz CT molecular complexity index is 342. The third kappa shape index (κ3) is 6.75. The minimum atomic E-state index is 0.0511. The Morgan fingerprint density at radius 1 is 1.23 bits per heavy atom. The quantitative estimate of drug-likeness (QED) is 0.637. The Balaban J connectivity index is 2.22. The topological polar surface area (TPSA) is 61.9 Å². The van der Waals surface area contributed by atoms with Crippen LogP contribution in [0.5, 0.6) is 0 Å². The third-order valence-corrected chi connectivity index (χ3v) is 4.04. The molecule has 0 aromatic carbocycles. The summed E-state index contributed by atoms with van der Waals surface area (Å²) in [4.78, 5) is 28.1. The molecule has 0 bridgehead atoms. The molecule has 0 aromatic heterocycles. The molecule has 0 aromatic rings. The SMILES string of the molecule is CCCC(C)C(=O)N1CCN(CC(=O)NCCCOC)CC1. The zero-order chi connectivity index (χ0) is 16.4. The molecule has 128 valence electrons. The molecule has 1 aliphatic rings. The fraction of sp³-hybridized carbons (Fsp3) is 0.875. The number of rotatable bonds is 9. The van der Waals surface area contributed by atoms with E-state index in [9.17, 15) is 9.59 Å². The lowest BCUT2D eigenvalue weighted by atomic mass is 10.0. The minimum Gasteiger partial charge on any atom is -0.385 e. The van der Waals surface area contributed by atoms with E-state index in [1.807, 2.05) is 11.8 Å². The smallest absolute Gasteiger partial charge is 0.234 e. The fourth-order valence-corrected chi connectivity index (χ4v) is 2.70. The Morgan fingerprint density at radius 3 is 2.50 bits per heavy atom. The molecule has 22 heavy (non-hydrogen) atoms. The standard InChI is InChI=1S/C16H31N3O3/c1-4-6-14(2)16(21)19-10-8-18(9-11-19)13-15(20)17-7-5-12-22-3/h14H,4-13H2,1-3H3,(H,17,20). The van der Waals surface area contributed by atoms with Gasteiger partial charge in [-0.05, 0) is 12.8 Å². The highest BCUT2D eigenvalue weighted by atomic mass is 16.5. The Morgan fingerprint density at radius 2 is 1.91 bits per heavy atom. The molecule has 1 aliphatic heterocycles. The van der Waals surface area contributed by atoms with Gasteiger partial charge in [0.05, 0.1) is 6.54 Å². The van der Waals surface area contributed by atoms with Crippen LogP contribution in [0.25, 0.3) is 0 Å². The number of carbonyl (C=O) groups is 2. The van der Waals surface area contributed by atoms with Crippen molar-refractivity contribution < 1.29 is 14.3 Å². The molecule has 1 heterocycles. The van der Waals surface area contributed by atoms with Crippen molar-refractivity contribution in [3.8, 4) is 0 Å². The van der Waals surface area contributed by atoms with Crippen molar-refractivity contribution in [3.63, 3.8) is 0 Å².